The third-order valence-corrected chi connectivity index (χ3v) is 5.78. The number of aromatic nitrogens is 3. The number of nitrogens with one attached hydrogen (secondary N) is 4. The average molecular weight is 430 g/mol. The molecule has 3 heterocycles. The number of rotatable bonds is 5. The number of anilines is 3. The van der Waals surface area contributed by atoms with Gasteiger partial charge in [-0.2, -0.15) is 9.97 Å². The predicted octanol–water partition coefficient (Wildman–Crippen LogP) is 0.857. The first-order valence-electron chi connectivity index (χ1n) is 9.31. The Balaban J connectivity index is 1.62. The number of amides is 2. The average Bonchev–Trinajstić information content (AvgIpc) is 3.36. The van der Waals surface area contributed by atoms with Crippen molar-refractivity contribution in [3.63, 3.8) is 0 Å². The molecule has 0 radical (unpaired) electrons. The fourth-order valence-electron chi connectivity index (χ4n) is 3.43. The van der Waals surface area contributed by atoms with Gasteiger partial charge >= 0.3 is 6.03 Å². The summed E-state index contributed by atoms with van der Waals surface area (Å²) in [5.74, 6) is 1.04. The Morgan fingerprint density at radius 2 is 2.13 bits per heavy atom. The van der Waals surface area contributed by atoms with Gasteiger partial charge in [0.05, 0.1) is 10.3 Å². The molecule has 0 spiro atoms. The van der Waals surface area contributed by atoms with Gasteiger partial charge < -0.3 is 25.8 Å². The first kappa shape index (κ1) is 19.9. The van der Waals surface area contributed by atoms with Crippen molar-refractivity contribution in [3.05, 3.63) is 36.5 Å². The van der Waals surface area contributed by atoms with Crippen molar-refractivity contribution < 1.29 is 13.2 Å². The van der Waals surface area contributed by atoms with Crippen LogP contribution in [0.1, 0.15) is 6.42 Å². The summed E-state index contributed by atoms with van der Waals surface area (Å²) < 4.78 is 23.2. The minimum absolute atomic E-state index is 0.00339. The van der Waals surface area contributed by atoms with E-state index >= 15 is 0 Å². The highest BCUT2D eigenvalue weighted by Gasteiger charge is 2.26. The highest BCUT2D eigenvalue weighted by molar-refractivity contribution is 7.89. The fraction of sp³-hybridized carbons (Fsp3) is 0.278. The topological polar surface area (TPSA) is 158 Å². The summed E-state index contributed by atoms with van der Waals surface area (Å²) in [5.41, 5.74) is 1.15. The van der Waals surface area contributed by atoms with Crippen LogP contribution >= 0.6 is 0 Å². The Morgan fingerprint density at radius 3 is 2.90 bits per heavy atom. The van der Waals surface area contributed by atoms with E-state index in [4.69, 9.17) is 5.14 Å². The second-order valence-electron chi connectivity index (χ2n) is 6.96. The van der Waals surface area contributed by atoms with E-state index in [1.807, 2.05) is 6.07 Å². The van der Waals surface area contributed by atoms with E-state index in [2.05, 4.69) is 35.8 Å². The largest absolute Gasteiger partial charge is 0.354 e. The number of H-pyrrole nitrogens is 1. The number of carbonyl (C=O) groups excluding carboxylic acids is 1. The zero-order valence-corrected chi connectivity index (χ0v) is 17.0. The first-order valence-corrected chi connectivity index (χ1v) is 10.9. The van der Waals surface area contributed by atoms with E-state index in [9.17, 15) is 13.2 Å². The molecule has 0 aliphatic carbocycles. The fourth-order valence-corrected chi connectivity index (χ4v) is 3.99. The maximum absolute atomic E-state index is 11.6. The summed E-state index contributed by atoms with van der Waals surface area (Å²) in [5, 5.41) is 14.6. The number of benzene rings is 1. The van der Waals surface area contributed by atoms with E-state index in [0.717, 1.165) is 24.2 Å². The Labute approximate surface area is 173 Å². The number of nitrogens with zero attached hydrogens (tertiary/aromatic N) is 3. The Morgan fingerprint density at radius 1 is 1.30 bits per heavy atom. The molecule has 4 rings (SSSR count). The Bertz CT molecular complexity index is 1190. The maximum atomic E-state index is 11.6. The van der Waals surface area contributed by atoms with Gasteiger partial charge in [0.1, 0.15) is 11.5 Å². The molecule has 1 fully saturated rings. The third kappa shape index (κ3) is 4.14. The lowest BCUT2D eigenvalue weighted by molar-refractivity contribution is 0.240. The number of hydrogen-bond acceptors (Lipinski definition) is 7. The smallest absolute Gasteiger partial charge is 0.314 e. The van der Waals surface area contributed by atoms with Crippen LogP contribution in [0.2, 0.25) is 0 Å². The van der Waals surface area contributed by atoms with Gasteiger partial charge in [0.2, 0.25) is 16.0 Å². The van der Waals surface area contributed by atoms with Crippen LogP contribution in [-0.2, 0) is 10.0 Å². The van der Waals surface area contributed by atoms with Crippen molar-refractivity contribution >= 4 is 44.5 Å². The predicted molar refractivity (Wildman–Crippen MR) is 113 cm³/mol. The number of urea groups is 1. The minimum atomic E-state index is -3.82. The lowest BCUT2D eigenvalue weighted by Crippen LogP contribution is -2.42. The van der Waals surface area contributed by atoms with Crippen molar-refractivity contribution in [1.29, 1.82) is 0 Å². The number of carbonyl (C=O) groups is 1. The molecule has 12 heteroatoms. The zero-order chi connectivity index (χ0) is 21.3. The van der Waals surface area contributed by atoms with E-state index in [0.29, 0.717) is 23.8 Å². The third-order valence-electron chi connectivity index (χ3n) is 4.86. The molecule has 158 valence electrons. The van der Waals surface area contributed by atoms with Gasteiger partial charge in [-0.15, -0.1) is 0 Å². The van der Waals surface area contributed by atoms with Crippen LogP contribution in [0.25, 0.3) is 11.0 Å². The molecule has 0 bridgehead atoms. The summed E-state index contributed by atoms with van der Waals surface area (Å²) >= 11 is 0. The van der Waals surface area contributed by atoms with Gasteiger partial charge in [0, 0.05) is 38.1 Å². The van der Waals surface area contributed by atoms with E-state index in [1.165, 1.54) is 12.1 Å². The van der Waals surface area contributed by atoms with Crippen LogP contribution in [0.15, 0.2) is 41.4 Å². The highest BCUT2D eigenvalue weighted by Crippen LogP contribution is 2.29. The molecule has 2 aromatic heterocycles. The number of hydrogen-bond donors (Lipinski definition) is 5. The summed E-state index contributed by atoms with van der Waals surface area (Å²) in [6, 6.07) is 7.84. The van der Waals surface area contributed by atoms with Crippen molar-refractivity contribution in [3.8, 4) is 0 Å². The first-order chi connectivity index (χ1) is 14.3. The van der Waals surface area contributed by atoms with E-state index < -0.39 is 10.0 Å². The number of primary sulfonamides is 1. The lowest BCUT2D eigenvalue weighted by atomic mass is 10.3. The standard InChI is InChI=1S/C18H22N8O3S/c1-20-18(27)23-12-6-8-26(10-12)16-14-5-7-21-15(14)24-17(25-16)22-11-3-2-4-13(9-11)30(19,28)29/h2-5,7,9,12H,6,8,10H2,1H3,(H2,19,28,29)(H2,20,23,27)(H2,21,22,24,25)/t12-/m1/s1. The minimum Gasteiger partial charge on any atom is -0.354 e. The molecule has 1 aliphatic heterocycles. The number of nitrogens with two attached hydrogens (primary N) is 1. The number of sulfonamides is 1. The van der Waals surface area contributed by atoms with Crippen molar-refractivity contribution in [1.82, 2.24) is 25.6 Å². The summed E-state index contributed by atoms with van der Waals surface area (Å²) in [6.07, 6.45) is 2.58. The van der Waals surface area contributed by atoms with Gasteiger partial charge in [0.25, 0.3) is 0 Å². The second-order valence-corrected chi connectivity index (χ2v) is 8.53. The molecular formula is C18H22N8O3S. The molecule has 0 unspecified atom stereocenters. The van der Waals surface area contributed by atoms with Crippen LogP contribution in [-0.4, -0.2) is 55.6 Å². The molecule has 0 saturated carbocycles. The van der Waals surface area contributed by atoms with Crippen LogP contribution in [0.4, 0.5) is 22.2 Å². The Hall–Kier alpha value is -3.38. The molecule has 1 aromatic carbocycles. The van der Waals surface area contributed by atoms with Crippen LogP contribution in [0.5, 0.6) is 0 Å². The Kier molecular flexibility index (Phi) is 5.18. The van der Waals surface area contributed by atoms with Crippen LogP contribution in [0, 0.1) is 0 Å². The van der Waals surface area contributed by atoms with Gasteiger partial charge in [-0.1, -0.05) is 6.07 Å². The van der Waals surface area contributed by atoms with E-state index in [-0.39, 0.29) is 17.0 Å². The number of fused-ring (bicyclic) bond motifs is 1. The number of aromatic amines is 1. The van der Waals surface area contributed by atoms with Gasteiger partial charge in [0.15, 0.2) is 0 Å². The second kappa shape index (κ2) is 7.80. The SMILES string of the molecule is CNC(=O)N[C@@H]1CCN(c2nc(Nc3cccc(S(N)(=O)=O)c3)nc3[nH]ccc23)C1. The monoisotopic (exact) mass is 430 g/mol. The highest BCUT2D eigenvalue weighted by atomic mass is 32.2. The molecule has 3 aromatic rings. The van der Waals surface area contributed by atoms with Crippen molar-refractivity contribution in [2.24, 2.45) is 5.14 Å². The van der Waals surface area contributed by atoms with Crippen LogP contribution in [0.3, 0.4) is 0 Å². The zero-order valence-electron chi connectivity index (χ0n) is 16.2. The summed E-state index contributed by atoms with van der Waals surface area (Å²) in [4.78, 5) is 25.9. The summed E-state index contributed by atoms with van der Waals surface area (Å²) in [7, 11) is -2.24. The van der Waals surface area contributed by atoms with Crippen molar-refractivity contribution in [2.75, 3.05) is 30.4 Å². The molecular weight excluding hydrogens is 408 g/mol. The lowest BCUT2D eigenvalue weighted by Gasteiger charge is -2.19. The molecule has 1 atom stereocenters. The molecule has 1 saturated heterocycles. The molecule has 11 nitrogen and oxygen atoms in total. The molecule has 2 amide bonds. The molecule has 1 aliphatic rings. The summed E-state index contributed by atoms with van der Waals surface area (Å²) in [6.45, 7) is 1.34. The van der Waals surface area contributed by atoms with Crippen molar-refractivity contribution in [2.45, 2.75) is 17.4 Å². The van der Waals surface area contributed by atoms with Gasteiger partial charge in [-0.05, 0) is 30.7 Å². The van der Waals surface area contributed by atoms with Gasteiger partial charge in [-0.25, -0.2) is 18.4 Å². The quantitative estimate of drug-likeness (QED) is 0.401. The van der Waals surface area contributed by atoms with Gasteiger partial charge in [-0.3, -0.25) is 0 Å². The maximum Gasteiger partial charge on any atom is 0.314 e. The normalized spacial score (nSPS) is 16.6. The molecule has 30 heavy (non-hydrogen) atoms. The van der Waals surface area contributed by atoms with Crippen LogP contribution < -0.4 is 26.0 Å². The molecule has 6 N–H and O–H groups in total. The van der Waals surface area contributed by atoms with E-state index in [1.54, 1.807) is 25.4 Å².